The molecule has 2 heterocycles. The van der Waals surface area contributed by atoms with E-state index in [1.54, 1.807) is 42.5 Å². The number of carbonyl (C=O) groups is 1. The number of phenolic OH excluding ortho intramolecular Hbond substituents is 1. The minimum atomic E-state index is -0.420. The van der Waals surface area contributed by atoms with Gasteiger partial charge in [-0.2, -0.15) is 5.10 Å². The van der Waals surface area contributed by atoms with Crippen LogP contribution in [-0.4, -0.2) is 33.9 Å². The Morgan fingerprint density at radius 3 is 2.82 bits per heavy atom. The van der Waals surface area contributed by atoms with Crippen molar-refractivity contribution in [3.8, 4) is 11.5 Å². The summed E-state index contributed by atoms with van der Waals surface area (Å²) in [7, 11) is 0. The molecule has 0 aliphatic carbocycles. The van der Waals surface area contributed by atoms with Gasteiger partial charge in [-0.1, -0.05) is 18.2 Å². The Bertz CT molecular complexity index is 1240. The van der Waals surface area contributed by atoms with Crippen molar-refractivity contribution >= 4 is 35.1 Å². The summed E-state index contributed by atoms with van der Waals surface area (Å²) in [5, 5.41) is 18.5. The van der Waals surface area contributed by atoms with E-state index in [-0.39, 0.29) is 18.2 Å². The number of halogens is 1. The van der Waals surface area contributed by atoms with Crippen LogP contribution < -0.4 is 4.74 Å². The fourth-order valence-corrected chi connectivity index (χ4v) is 3.97. The third kappa shape index (κ3) is 5.32. The minimum Gasteiger partial charge on any atom is -0.504 e. The molecule has 0 atom stereocenters. The van der Waals surface area contributed by atoms with Crippen molar-refractivity contribution in [3.05, 3.63) is 88.5 Å². The molecule has 1 N–H and O–H groups in total. The van der Waals surface area contributed by atoms with E-state index in [0.717, 1.165) is 11.8 Å². The number of hydrogen-bond acceptors (Lipinski definition) is 7. The van der Waals surface area contributed by atoms with Crippen LogP contribution in [0, 0.1) is 5.82 Å². The Morgan fingerprint density at radius 1 is 1.21 bits per heavy atom. The first-order valence-corrected chi connectivity index (χ1v) is 10.9. The highest BCUT2D eigenvalue weighted by atomic mass is 32.2. The van der Waals surface area contributed by atoms with Gasteiger partial charge in [0.1, 0.15) is 11.6 Å². The summed E-state index contributed by atoms with van der Waals surface area (Å²) < 4.78 is 24.8. The number of amides is 1. The third-order valence-corrected chi connectivity index (χ3v) is 5.60. The maximum absolute atomic E-state index is 14.1. The van der Waals surface area contributed by atoms with E-state index in [4.69, 9.17) is 9.15 Å². The van der Waals surface area contributed by atoms with Gasteiger partial charge < -0.3 is 14.3 Å². The second-order valence-corrected chi connectivity index (χ2v) is 7.90. The number of rotatable bonds is 7. The van der Waals surface area contributed by atoms with Crippen LogP contribution >= 0.6 is 11.8 Å². The predicted molar refractivity (Wildman–Crippen MR) is 126 cm³/mol. The second-order valence-electron chi connectivity index (χ2n) is 6.89. The lowest BCUT2D eigenvalue weighted by Gasteiger charge is -2.12. The molecule has 1 fully saturated rings. The average molecular weight is 466 g/mol. The van der Waals surface area contributed by atoms with Crippen LogP contribution in [0.3, 0.4) is 0 Å². The van der Waals surface area contributed by atoms with Crippen molar-refractivity contribution in [2.24, 2.45) is 10.2 Å². The molecule has 7 nitrogen and oxygen atoms in total. The number of carbonyl (C=O) groups excluding carboxylic acids is 1. The van der Waals surface area contributed by atoms with Gasteiger partial charge in [-0.3, -0.25) is 9.69 Å². The number of nitrogens with zero attached hydrogens (tertiary/aromatic N) is 3. The minimum absolute atomic E-state index is 0.0322. The third-order valence-electron chi connectivity index (χ3n) is 4.61. The summed E-state index contributed by atoms with van der Waals surface area (Å²) in [5.41, 5.74) is 0.971. The maximum atomic E-state index is 14.1. The molecule has 0 radical (unpaired) electrons. The van der Waals surface area contributed by atoms with Crippen LogP contribution in [0.25, 0.3) is 6.08 Å². The van der Waals surface area contributed by atoms with Crippen molar-refractivity contribution in [2.45, 2.75) is 13.5 Å². The number of aromatic hydroxyl groups is 1. The first kappa shape index (κ1) is 22.3. The predicted octanol–water partition coefficient (Wildman–Crippen LogP) is 5.03. The molecule has 1 saturated heterocycles. The highest BCUT2D eigenvalue weighted by Gasteiger charge is 2.34. The zero-order valence-corrected chi connectivity index (χ0v) is 18.5. The van der Waals surface area contributed by atoms with Crippen LogP contribution in [0.5, 0.6) is 11.5 Å². The summed E-state index contributed by atoms with van der Waals surface area (Å²) in [4.78, 5) is 14.8. The zero-order valence-electron chi connectivity index (χ0n) is 17.6. The fourth-order valence-electron chi connectivity index (χ4n) is 3.04. The zero-order chi connectivity index (χ0) is 23.2. The molecule has 0 saturated carbocycles. The van der Waals surface area contributed by atoms with E-state index in [1.165, 1.54) is 35.6 Å². The highest BCUT2D eigenvalue weighted by molar-refractivity contribution is 8.18. The van der Waals surface area contributed by atoms with Crippen molar-refractivity contribution in [2.75, 3.05) is 6.61 Å². The summed E-state index contributed by atoms with van der Waals surface area (Å²) in [5.74, 6) is 0.209. The smallest absolute Gasteiger partial charge is 0.267 e. The number of amidine groups is 1. The number of thioether (sulfide) groups is 1. The normalized spacial score (nSPS) is 16.4. The summed E-state index contributed by atoms with van der Waals surface area (Å²) >= 11 is 1.10. The Morgan fingerprint density at radius 2 is 2.06 bits per heavy atom. The SMILES string of the molecule is CCOc1cc(/C=N\N=C2\S/C(=C\c3ccccc3F)C(=O)N2Cc2ccco2)ccc1O. The molecule has 4 rings (SSSR count). The van der Waals surface area contributed by atoms with Gasteiger partial charge in [0.2, 0.25) is 0 Å². The summed E-state index contributed by atoms with van der Waals surface area (Å²) in [6.45, 7) is 2.39. The molecule has 33 heavy (non-hydrogen) atoms. The van der Waals surface area contributed by atoms with Crippen LogP contribution in [0.1, 0.15) is 23.8 Å². The molecular weight excluding hydrogens is 445 g/mol. The monoisotopic (exact) mass is 465 g/mol. The molecule has 1 aromatic heterocycles. The van der Waals surface area contributed by atoms with Gasteiger partial charge in [-0.15, -0.1) is 5.10 Å². The quantitative estimate of drug-likeness (QED) is 0.300. The van der Waals surface area contributed by atoms with Crippen LogP contribution in [0.2, 0.25) is 0 Å². The lowest BCUT2D eigenvalue weighted by molar-refractivity contribution is -0.122. The summed E-state index contributed by atoms with van der Waals surface area (Å²) in [6, 6.07) is 14.5. The number of hydrogen-bond donors (Lipinski definition) is 1. The van der Waals surface area contributed by atoms with Gasteiger partial charge in [0, 0.05) is 5.56 Å². The van der Waals surface area contributed by atoms with Crippen molar-refractivity contribution < 1.29 is 23.4 Å². The van der Waals surface area contributed by atoms with E-state index in [2.05, 4.69) is 10.2 Å². The lowest BCUT2D eigenvalue weighted by atomic mass is 10.2. The van der Waals surface area contributed by atoms with E-state index < -0.39 is 5.82 Å². The van der Waals surface area contributed by atoms with Crippen molar-refractivity contribution in [1.29, 1.82) is 0 Å². The molecule has 1 amide bonds. The highest BCUT2D eigenvalue weighted by Crippen LogP contribution is 2.34. The number of benzene rings is 2. The topological polar surface area (TPSA) is 87.6 Å². The number of phenols is 1. The summed E-state index contributed by atoms with van der Waals surface area (Å²) in [6.07, 6.45) is 4.51. The largest absolute Gasteiger partial charge is 0.504 e. The first-order chi connectivity index (χ1) is 16.0. The molecule has 0 spiro atoms. The van der Waals surface area contributed by atoms with Gasteiger partial charge in [0.25, 0.3) is 5.91 Å². The Balaban J connectivity index is 1.62. The van der Waals surface area contributed by atoms with Crippen molar-refractivity contribution in [3.63, 3.8) is 0 Å². The molecule has 1 aliphatic heterocycles. The average Bonchev–Trinajstić information content (AvgIpc) is 3.42. The molecule has 0 unspecified atom stereocenters. The molecule has 9 heteroatoms. The lowest BCUT2D eigenvalue weighted by Crippen LogP contribution is -2.28. The Hall–Kier alpha value is -3.85. The van der Waals surface area contributed by atoms with Crippen LogP contribution in [-0.2, 0) is 11.3 Å². The van der Waals surface area contributed by atoms with Gasteiger partial charge in [-0.25, -0.2) is 4.39 Å². The standard InChI is InChI=1S/C24H20FN3O4S/c1-2-31-21-12-16(9-10-20(21)29)14-26-27-24-28(15-18-7-5-11-32-18)23(30)22(33-24)13-17-6-3-4-8-19(17)25/h3-14,29H,2,15H2,1H3/b22-13-,26-14-,27-24+. The number of furan rings is 1. The number of ether oxygens (including phenoxy) is 1. The Labute approximate surface area is 193 Å². The van der Waals surface area contributed by atoms with Gasteiger partial charge in [-0.05, 0) is 66.7 Å². The maximum Gasteiger partial charge on any atom is 0.267 e. The fraction of sp³-hybridized carbons (Fsp3) is 0.125. The van der Waals surface area contributed by atoms with Crippen LogP contribution in [0.15, 0.2) is 80.4 Å². The first-order valence-electron chi connectivity index (χ1n) is 10.1. The van der Waals surface area contributed by atoms with E-state index in [1.807, 2.05) is 6.92 Å². The molecule has 3 aromatic rings. The van der Waals surface area contributed by atoms with Gasteiger partial charge in [0.15, 0.2) is 16.7 Å². The molecular formula is C24H20FN3O4S. The van der Waals surface area contributed by atoms with Gasteiger partial charge in [0.05, 0.1) is 30.5 Å². The molecule has 2 aromatic carbocycles. The van der Waals surface area contributed by atoms with E-state index in [0.29, 0.717) is 39.3 Å². The second kappa shape index (κ2) is 10.2. The van der Waals surface area contributed by atoms with E-state index >= 15 is 0 Å². The molecule has 168 valence electrons. The van der Waals surface area contributed by atoms with Crippen molar-refractivity contribution in [1.82, 2.24) is 4.90 Å². The van der Waals surface area contributed by atoms with Crippen LogP contribution in [0.4, 0.5) is 4.39 Å². The molecule has 0 bridgehead atoms. The van der Waals surface area contributed by atoms with Gasteiger partial charge >= 0.3 is 0 Å². The van der Waals surface area contributed by atoms with E-state index in [9.17, 15) is 14.3 Å². The molecule has 1 aliphatic rings. The Kier molecular flexibility index (Phi) is 6.89.